The molecule has 1 aliphatic rings. The fourth-order valence-electron chi connectivity index (χ4n) is 3.73. The van der Waals surface area contributed by atoms with Gasteiger partial charge in [0.05, 0.1) is 22.2 Å². The van der Waals surface area contributed by atoms with E-state index in [1.54, 1.807) is 4.68 Å². The number of ketones is 1. The molecular formula is C21H21N3O2S. The Morgan fingerprint density at radius 3 is 2.63 bits per heavy atom. The number of anilines is 1. The number of hydrogen-bond acceptors (Lipinski definition) is 4. The monoisotopic (exact) mass is 379 g/mol. The van der Waals surface area contributed by atoms with Gasteiger partial charge in [0.25, 0.3) is 0 Å². The number of carbonyl (C=O) groups excluding carboxylic acids is 2. The highest BCUT2D eigenvalue weighted by atomic mass is 32.1. The average Bonchev–Trinajstić information content (AvgIpc) is 3.17. The first-order valence-electron chi connectivity index (χ1n) is 8.93. The molecule has 27 heavy (non-hydrogen) atoms. The summed E-state index contributed by atoms with van der Waals surface area (Å²) in [6.07, 6.45) is 0.155. The number of Topliss-reactive ketones (excluding diaryl/α,β-unsaturated/α-hetero) is 1. The van der Waals surface area contributed by atoms with Crippen molar-refractivity contribution in [2.75, 3.05) is 5.32 Å². The van der Waals surface area contributed by atoms with Crippen molar-refractivity contribution in [1.82, 2.24) is 9.78 Å². The molecular weight excluding hydrogens is 358 g/mol. The van der Waals surface area contributed by atoms with Gasteiger partial charge in [0, 0.05) is 16.9 Å². The third-order valence-corrected chi connectivity index (χ3v) is 6.00. The van der Waals surface area contributed by atoms with Crippen molar-refractivity contribution in [2.45, 2.75) is 40.0 Å². The Kier molecular flexibility index (Phi) is 4.23. The molecule has 3 aromatic rings. The molecule has 1 aromatic carbocycles. The van der Waals surface area contributed by atoms with Gasteiger partial charge in [0.1, 0.15) is 5.82 Å². The number of rotatable bonds is 3. The highest BCUT2D eigenvalue weighted by Crippen LogP contribution is 2.39. The molecule has 0 unspecified atom stereocenters. The quantitative estimate of drug-likeness (QED) is 0.683. The van der Waals surface area contributed by atoms with E-state index in [9.17, 15) is 9.59 Å². The second kappa shape index (κ2) is 6.46. The standard InChI is InChI=1S/C21H21N3O2S/c1-11-5-7-16(12(2)9-11)24-21-19(14(4)23-24)15(10-18(25)22-21)20(26)17-8-6-13(3)27-17/h5-9,15H,10H2,1-4H3,(H,22,25)/t15-/m0/s1. The van der Waals surface area contributed by atoms with Crippen LogP contribution in [0, 0.1) is 27.7 Å². The molecule has 0 spiro atoms. The van der Waals surface area contributed by atoms with E-state index in [1.807, 2.05) is 52.0 Å². The number of benzene rings is 1. The first-order chi connectivity index (χ1) is 12.8. The lowest BCUT2D eigenvalue weighted by molar-refractivity contribution is -0.116. The smallest absolute Gasteiger partial charge is 0.226 e. The van der Waals surface area contributed by atoms with E-state index >= 15 is 0 Å². The number of aryl methyl sites for hydroxylation is 4. The molecule has 1 atom stereocenters. The van der Waals surface area contributed by atoms with Gasteiger partial charge >= 0.3 is 0 Å². The predicted molar refractivity (Wildman–Crippen MR) is 107 cm³/mol. The van der Waals surface area contributed by atoms with Crippen LogP contribution in [0.3, 0.4) is 0 Å². The van der Waals surface area contributed by atoms with E-state index < -0.39 is 5.92 Å². The van der Waals surface area contributed by atoms with Gasteiger partial charge < -0.3 is 5.32 Å². The summed E-state index contributed by atoms with van der Waals surface area (Å²) in [5.41, 5.74) is 4.74. The van der Waals surface area contributed by atoms with Crippen LogP contribution < -0.4 is 5.32 Å². The van der Waals surface area contributed by atoms with Crippen molar-refractivity contribution < 1.29 is 9.59 Å². The molecule has 2 aromatic heterocycles. The number of nitrogens with zero attached hydrogens (tertiary/aromatic N) is 2. The summed E-state index contributed by atoms with van der Waals surface area (Å²) in [4.78, 5) is 27.3. The van der Waals surface area contributed by atoms with Crippen molar-refractivity contribution >= 4 is 28.8 Å². The van der Waals surface area contributed by atoms with Gasteiger partial charge in [-0.15, -0.1) is 11.3 Å². The minimum absolute atomic E-state index is 0.00696. The Hall–Kier alpha value is -2.73. The zero-order valence-electron chi connectivity index (χ0n) is 15.8. The third-order valence-electron chi connectivity index (χ3n) is 4.98. The Balaban J connectivity index is 1.85. The molecule has 1 N–H and O–H groups in total. The summed E-state index contributed by atoms with van der Waals surface area (Å²) in [7, 11) is 0. The largest absolute Gasteiger partial charge is 0.310 e. The zero-order chi connectivity index (χ0) is 19.3. The maximum absolute atomic E-state index is 13.1. The summed E-state index contributed by atoms with van der Waals surface area (Å²) >= 11 is 1.47. The molecule has 4 rings (SSSR count). The van der Waals surface area contributed by atoms with E-state index in [4.69, 9.17) is 0 Å². The van der Waals surface area contributed by atoms with Crippen LogP contribution in [-0.2, 0) is 4.79 Å². The van der Waals surface area contributed by atoms with Crippen molar-refractivity contribution in [1.29, 1.82) is 0 Å². The Labute approximate surface area is 162 Å². The predicted octanol–water partition coefficient (Wildman–Crippen LogP) is 4.48. The summed E-state index contributed by atoms with van der Waals surface area (Å²) in [6.45, 7) is 7.94. The fourth-order valence-corrected chi connectivity index (χ4v) is 4.59. The van der Waals surface area contributed by atoms with Crippen LogP contribution in [0.1, 0.15) is 49.3 Å². The van der Waals surface area contributed by atoms with E-state index in [0.29, 0.717) is 10.7 Å². The lowest BCUT2D eigenvalue weighted by Gasteiger charge is -2.23. The first-order valence-corrected chi connectivity index (χ1v) is 9.74. The molecule has 0 radical (unpaired) electrons. The van der Waals surface area contributed by atoms with Gasteiger partial charge in [-0.2, -0.15) is 5.10 Å². The van der Waals surface area contributed by atoms with Crippen LogP contribution in [0.15, 0.2) is 30.3 Å². The molecule has 1 amide bonds. The maximum Gasteiger partial charge on any atom is 0.226 e. The van der Waals surface area contributed by atoms with Crippen molar-refractivity contribution in [3.05, 3.63) is 62.5 Å². The number of aromatic nitrogens is 2. The van der Waals surface area contributed by atoms with Crippen LogP contribution in [0.4, 0.5) is 5.82 Å². The highest BCUT2D eigenvalue weighted by Gasteiger charge is 2.36. The van der Waals surface area contributed by atoms with E-state index in [1.165, 1.54) is 16.9 Å². The second-order valence-corrected chi connectivity index (χ2v) is 8.42. The van der Waals surface area contributed by atoms with Crippen LogP contribution in [0.25, 0.3) is 5.69 Å². The Morgan fingerprint density at radius 1 is 1.19 bits per heavy atom. The van der Waals surface area contributed by atoms with Crippen molar-refractivity contribution in [3.8, 4) is 5.69 Å². The minimum atomic E-state index is -0.494. The van der Waals surface area contributed by atoms with Gasteiger partial charge in [0.2, 0.25) is 5.91 Å². The lowest BCUT2D eigenvalue weighted by atomic mass is 9.87. The number of carbonyl (C=O) groups is 2. The Bertz CT molecular complexity index is 1080. The molecule has 138 valence electrons. The van der Waals surface area contributed by atoms with Crippen molar-refractivity contribution in [3.63, 3.8) is 0 Å². The van der Waals surface area contributed by atoms with Crippen LogP contribution in [0.2, 0.25) is 0 Å². The number of hydrogen-bond donors (Lipinski definition) is 1. The topological polar surface area (TPSA) is 64.0 Å². The summed E-state index contributed by atoms with van der Waals surface area (Å²) < 4.78 is 1.76. The summed E-state index contributed by atoms with van der Waals surface area (Å²) in [5.74, 6) is -0.0406. The van der Waals surface area contributed by atoms with Gasteiger partial charge in [0.15, 0.2) is 5.78 Å². The number of fused-ring (bicyclic) bond motifs is 1. The minimum Gasteiger partial charge on any atom is -0.310 e. The van der Waals surface area contributed by atoms with E-state index in [0.717, 1.165) is 27.4 Å². The van der Waals surface area contributed by atoms with Gasteiger partial charge in [-0.25, -0.2) is 4.68 Å². The van der Waals surface area contributed by atoms with Crippen LogP contribution in [0.5, 0.6) is 0 Å². The molecule has 5 nitrogen and oxygen atoms in total. The van der Waals surface area contributed by atoms with Gasteiger partial charge in [-0.05, 0) is 51.5 Å². The van der Waals surface area contributed by atoms with E-state index in [2.05, 4.69) is 16.5 Å². The molecule has 3 heterocycles. The number of amides is 1. The molecule has 0 bridgehead atoms. The average molecular weight is 379 g/mol. The molecule has 0 fully saturated rings. The number of nitrogens with one attached hydrogen (secondary N) is 1. The van der Waals surface area contributed by atoms with E-state index in [-0.39, 0.29) is 18.1 Å². The SMILES string of the molecule is Cc1ccc(-n2nc(C)c3c2NC(=O)C[C@@H]3C(=O)c2ccc(C)s2)c(C)c1. The molecule has 0 saturated heterocycles. The molecule has 1 aliphatic heterocycles. The lowest BCUT2D eigenvalue weighted by Crippen LogP contribution is -2.28. The second-order valence-electron chi connectivity index (χ2n) is 7.13. The van der Waals surface area contributed by atoms with Crippen LogP contribution in [-0.4, -0.2) is 21.5 Å². The molecule has 0 saturated carbocycles. The zero-order valence-corrected chi connectivity index (χ0v) is 16.6. The van der Waals surface area contributed by atoms with Crippen molar-refractivity contribution in [2.24, 2.45) is 0 Å². The number of thiophene rings is 1. The first kappa shape index (κ1) is 17.7. The Morgan fingerprint density at radius 2 is 1.96 bits per heavy atom. The van der Waals surface area contributed by atoms with Gasteiger partial charge in [-0.3, -0.25) is 9.59 Å². The summed E-state index contributed by atoms with van der Waals surface area (Å²) in [6, 6.07) is 9.89. The highest BCUT2D eigenvalue weighted by molar-refractivity contribution is 7.14. The maximum atomic E-state index is 13.1. The molecule has 0 aliphatic carbocycles. The normalized spacial score (nSPS) is 16.1. The van der Waals surface area contributed by atoms with Gasteiger partial charge in [-0.1, -0.05) is 17.7 Å². The fraction of sp³-hybridized carbons (Fsp3) is 0.286. The molecule has 6 heteroatoms. The van der Waals surface area contributed by atoms with Crippen LogP contribution >= 0.6 is 11.3 Å². The summed E-state index contributed by atoms with van der Waals surface area (Å²) in [5, 5.41) is 7.62. The third kappa shape index (κ3) is 3.00.